The summed E-state index contributed by atoms with van der Waals surface area (Å²) in [6.07, 6.45) is 3.51. The molecule has 0 spiro atoms. The van der Waals surface area contributed by atoms with Crippen molar-refractivity contribution in [1.29, 1.82) is 0 Å². The van der Waals surface area contributed by atoms with Crippen LogP contribution in [0.15, 0.2) is 36.7 Å². The van der Waals surface area contributed by atoms with Gasteiger partial charge in [-0.25, -0.2) is 4.98 Å². The number of rotatable bonds is 2. The number of aromatic nitrogens is 2. The molecule has 1 fully saturated rings. The fraction of sp³-hybridized carbons (Fsp3) is 0.375. The highest BCUT2D eigenvalue weighted by Crippen LogP contribution is 2.34. The van der Waals surface area contributed by atoms with Gasteiger partial charge in [-0.2, -0.15) is 0 Å². The number of halogens is 1. The number of nitrogens with zero attached hydrogens (tertiary/aromatic N) is 2. The van der Waals surface area contributed by atoms with Crippen LogP contribution in [0, 0.1) is 0 Å². The Labute approximate surface area is 135 Å². The Morgan fingerprint density at radius 3 is 2.73 bits per heavy atom. The smallest absolute Gasteiger partial charge is 0.240 e. The lowest BCUT2D eigenvalue weighted by molar-refractivity contribution is -0.137. The Hall–Kier alpha value is -1.85. The van der Waals surface area contributed by atoms with E-state index in [4.69, 9.17) is 0 Å². The molecule has 116 valence electrons. The molecule has 1 aromatic carbocycles. The van der Waals surface area contributed by atoms with Crippen LogP contribution in [0.5, 0.6) is 0 Å². The number of nitrogens with one attached hydrogen (secondary N) is 2. The Balaban J connectivity index is 0.00000144. The molecule has 2 N–H and O–H groups in total. The third kappa shape index (κ3) is 2.40. The maximum atomic E-state index is 12.7. The Bertz CT molecular complexity index is 653. The van der Waals surface area contributed by atoms with E-state index >= 15 is 0 Å². The van der Waals surface area contributed by atoms with E-state index in [0.717, 1.165) is 42.9 Å². The second-order valence-corrected chi connectivity index (χ2v) is 5.66. The van der Waals surface area contributed by atoms with E-state index in [9.17, 15) is 4.79 Å². The van der Waals surface area contributed by atoms with Crippen molar-refractivity contribution in [3.63, 3.8) is 0 Å². The summed E-state index contributed by atoms with van der Waals surface area (Å²) in [7, 11) is 0. The minimum absolute atomic E-state index is 0. The summed E-state index contributed by atoms with van der Waals surface area (Å²) < 4.78 is 0. The molecule has 1 saturated heterocycles. The van der Waals surface area contributed by atoms with Crippen LogP contribution in [0.3, 0.4) is 0 Å². The molecule has 4 rings (SSSR count). The highest BCUT2D eigenvalue weighted by molar-refractivity contribution is 5.85. The third-order valence-electron chi connectivity index (χ3n) is 4.45. The molecule has 3 heterocycles. The number of carbonyl (C=O) groups excluding carboxylic acids is 1. The van der Waals surface area contributed by atoms with E-state index in [-0.39, 0.29) is 30.4 Å². The fourth-order valence-electron chi connectivity index (χ4n) is 3.19. The van der Waals surface area contributed by atoms with Crippen molar-refractivity contribution in [1.82, 2.24) is 20.2 Å². The van der Waals surface area contributed by atoms with Gasteiger partial charge >= 0.3 is 0 Å². The van der Waals surface area contributed by atoms with Gasteiger partial charge in [0.15, 0.2) is 0 Å². The highest BCUT2D eigenvalue weighted by Gasteiger charge is 2.38. The van der Waals surface area contributed by atoms with Crippen molar-refractivity contribution in [3.05, 3.63) is 53.6 Å². The second kappa shape index (κ2) is 6.10. The van der Waals surface area contributed by atoms with Crippen LogP contribution >= 0.6 is 12.4 Å². The minimum Gasteiger partial charge on any atom is -0.348 e. The molecular weight excluding hydrogens is 300 g/mol. The summed E-state index contributed by atoms with van der Waals surface area (Å²) in [6, 6.07) is 10.1. The number of benzene rings is 1. The second-order valence-electron chi connectivity index (χ2n) is 5.66. The lowest BCUT2D eigenvalue weighted by atomic mass is 9.93. The number of aromatic amines is 1. The number of fused-ring (bicyclic) bond motifs is 1. The van der Waals surface area contributed by atoms with Gasteiger partial charge in [0.25, 0.3) is 0 Å². The van der Waals surface area contributed by atoms with E-state index in [1.807, 2.05) is 23.1 Å². The molecule has 0 bridgehead atoms. The van der Waals surface area contributed by atoms with E-state index in [2.05, 4.69) is 27.4 Å². The van der Waals surface area contributed by atoms with Crippen molar-refractivity contribution in [2.24, 2.45) is 0 Å². The minimum atomic E-state index is -0.0731. The zero-order valence-electron chi connectivity index (χ0n) is 12.2. The monoisotopic (exact) mass is 318 g/mol. The molecule has 1 amide bonds. The molecule has 5 nitrogen and oxygen atoms in total. The molecule has 2 unspecified atom stereocenters. The topological polar surface area (TPSA) is 61.0 Å². The van der Waals surface area contributed by atoms with E-state index in [1.54, 1.807) is 6.33 Å². The van der Waals surface area contributed by atoms with Gasteiger partial charge in [-0.05, 0) is 18.5 Å². The average molecular weight is 319 g/mol. The average Bonchev–Trinajstić information content (AvgIpc) is 2.93. The molecule has 2 aromatic rings. The maximum Gasteiger partial charge on any atom is 0.240 e. The lowest BCUT2D eigenvalue weighted by Gasteiger charge is -2.39. The first-order valence-corrected chi connectivity index (χ1v) is 7.45. The first kappa shape index (κ1) is 15.1. The summed E-state index contributed by atoms with van der Waals surface area (Å²) in [5, 5.41) is 3.21. The molecule has 6 heteroatoms. The zero-order valence-corrected chi connectivity index (χ0v) is 13.0. The van der Waals surface area contributed by atoms with Gasteiger partial charge in [-0.1, -0.05) is 30.3 Å². The fourth-order valence-corrected chi connectivity index (χ4v) is 3.19. The van der Waals surface area contributed by atoms with E-state index in [0.29, 0.717) is 0 Å². The van der Waals surface area contributed by atoms with Gasteiger partial charge < -0.3 is 15.2 Å². The standard InChI is InChI=1S/C16H18N4O.ClH/c21-16(13-6-8-17-13)20-9-7-12-14(19-10-18-12)15(20)11-4-2-1-3-5-11;/h1-5,10,13,15,17H,6-9H2,(H,18,19);1H. The number of hydrogen-bond acceptors (Lipinski definition) is 3. The normalized spacial score (nSPS) is 23.2. The highest BCUT2D eigenvalue weighted by atomic mass is 35.5. The molecule has 1 aromatic heterocycles. The van der Waals surface area contributed by atoms with Crippen molar-refractivity contribution in [3.8, 4) is 0 Å². The van der Waals surface area contributed by atoms with Gasteiger partial charge in [0.2, 0.25) is 5.91 Å². The predicted molar refractivity (Wildman–Crippen MR) is 85.9 cm³/mol. The van der Waals surface area contributed by atoms with Crippen molar-refractivity contribution in [2.45, 2.75) is 24.9 Å². The van der Waals surface area contributed by atoms with E-state index in [1.165, 1.54) is 0 Å². The van der Waals surface area contributed by atoms with Crippen LogP contribution in [-0.4, -0.2) is 39.9 Å². The first-order chi connectivity index (χ1) is 10.3. The molecule has 2 aliphatic rings. The lowest BCUT2D eigenvalue weighted by Crippen LogP contribution is -2.56. The van der Waals surface area contributed by atoms with Crippen LogP contribution in [0.25, 0.3) is 0 Å². The molecule has 2 aliphatic heterocycles. The largest absolute Gasteiger partial charge is 0.348 e. The zero-order chi connectivity index (χ0) is 14.2. The van der Waals surface area contributed by atoms with Crippen LogP contribution in [0.1, 0.15) is 29.4 Å². The van der Waals surface area contributed by atoms with Gasteiger partial charge in [0.05, 0.1) is 18.1 Å². The molecule has 22 heavy (non-hydrogen) atoms. The van der Waals surface area contributed by atoms with Crippen molar-refractivity contribution in [2.75, 3.05) is 13.1 Å². The molecule has 0 aliphatic carbocycles. The number of hydrogen-bond donors (Lipinski definition) is 2. The van der Waals surface area contributed by atoms with Crippen molar-refractivity contribution >= 4 is 18.3 Å². The maximum absolute atomic E-state index is 12.7. The summed E-state index contributed by atoms with van der Waals surface area (Å²) in [6.45, 7) is 1.68. The van der Waals surface area contributed by atoms with E-state index < -0.39 is 0 Å². The summed E-state index contributed by atoms with van der Waals surface area (Å²) >= 11 is 0. The Morgan fingerprint density at radius 1 is 1.27 bits per heavy atom. The van der Waals surface area contributed by atoms with Gasteiger partial charge in [0, 0.05) is 18.7 Å². The van der Waals surface area contributed by atoms with Crippen LogP contribution in [0.4, 0.5) is 0 Å². The predicted octanol–water partition coefficient (Wildman–Crippen LogP) is 1.67. The molecule has 0 saturated carbocycles. The number of imidazole rings is 1. The summed E-state index contributed by atoms with van der Waals surface area (Å²) in [4.78, 5) is 22.4. The van der Waals surface area contributed by atoms with Crippen LogP contribution in [-0.2, 0) is 11.2 Å². The summed E-state index contributed by atoms with van der Waals surface area (Å²) in [5.41, 5.74) is 3.26. The van der Waals surface area contributed by atoms with Gasteiger partial charge in [-0.15, -0.1) is 12.4 Å². The SMILES string of the molecule is Cl.O=C(C1CCN1)N1CCc2[nH]cnc2C1c1ccccc1. The Kier molecular flexibility index (Phi) is 4.18. The third-order valence-corrected chi connectivity index (χ3v) is 4.45. The number of carbonyl (C=O) groups is 1. The molecule has 0 radical (unpaired) electrons. The molecular formula is C16H19ClN4O. The number of amides is 1. The van der Waals surface area contributed by atoms with Gasteiger partial charge in [0.1, 0.15) is 6.04 Å². The quantitative estimate of drug-likeness (QED) is 0.885. The van der Waals surface area contributed by atoms with Crippen LogP contribution in [0.2, 0.25) is 0 Å². The number of H-pyrrole nitrogens is 1. The first-order valence-electron chi connectivity index (χ1n) is 7.45. The van der Waals surface area contributed by atoms with Crippen molar-refractivity contribution < 1.29 is 4.79 Å². The summed E-state index contributed by atoms with van der Waals surface area (Å²) in [5.74, 6) is 0.198. The van der Waals surface area contributed by atoms with Gasteiger partial charge in [-0.3, -0.25) is 4.79 Å². The Morgan fingerprint density at radius 2 is 2.05 bits per heavy atom. The molecule has 2 atom stereocenters. The van der Waals surface area contributed by atoms with Crippen LogP contribution < -0.4 is 5.32 Å².